The molecule has 0 radical (unpaired) electrons. The molecule has 0 N–H and O–H groups in total. The fourth-order valence-corrected chi connectivity index (χ4v) is 3.99. The molecule has 0 spiro atoms. The van der Waals surface area contributed by atoms with E-state index in [1.165, 1.54) is 68.1 Å². The predicted molar refractivity (Wildman–Crippen MR) is 68.9 cm³/mol. The Labute approximate surface area is 102 Å². The van der Waals surface area contributed by atoms with Crippen molar-refractivity contribution in [2.45, 2.75) is 45.1 Å². The molecule has 0 bridgehead atoms. The Hall–Kier alpha value is -0.440. The van der Waals surface area contributed by atoms with E-state index >= 15 is 0 Å². The van der Waals surface area contributed by atoms with Gasteiger partial charge in [0.15, 0.2) is 0 Å². The smallest absolute Gasteiger partial charge is 0.108 e. The van der Waals surface area contributed by atoms with Gasteiger partial charge in [0.05, 0.1) is 5.69 Å². The van der Waals surface area contributed by atoms with Crippen LogP contribution in [0.25, 0.3) is 0 Å². The Morgan fingerprint density at radius 3 is 3.19 bits per heavy atom. The first-order chi connectivity index (χ1) is 7.92. The first-order valence-electron chi connectivity index (χ1n) is 6.54. The first-order valence-corrected chi connectivity index (χ1v) is 7.70. The minimum atomic E-state index is 0.885. The molecule has 88 valence electrons. The molecule has 3 rings (SSSR count). The van der Waals surface area contributed by atoms with Gasteiger partial charge in [0, 0.05) is 19.2 Å². The second kappa shape index (κ2) is 4.82. The van der Waals surface area contributed by atoms with E-state index in [0.29, 0.717) is 0 Å². The molecule has 0 aromatic carbocycles. The number of rotatable bonds is 2. The summed E-state index contributed by atoms with van der Waals surface area (Å²) < 4.78 is 2.38. The van der Waals surface area contributed by atoms with Crippen LogP contribution in [0.1, 0.15) is 37.2 Å². The lowest BCUT2D eigenvalue weighted by atomic mass is 10.00. The topological polar surface area (TPSA) is 17.8 Å². The average Bonchev–Trinajstić information content (AvgIpc) is 2.72. The van der Waals surface area contributed by atoms with Gasteiger partial charge in [-0.3, -0.25) is 0 Å². The highest BCUT2D eigenvalue weighted by Crippen LogP contribution is 2.26. The number of hydrogen-bond donors (Lipinski definition) is 0. The highest BCUT2D eigenvalue weighted by Gasteiger charge is 2.18. The standard InChI is InChI=1S/C13H20N2S/c1-2-6-15-9-12(14-13(15)5-1)8-11-4-3-7-16-10-11/h9,11H,1-8,10H2. The largest absolute Gasteiger partial charge is 0.335 e. The zero-order chi connectivity index (χ0) is 10.8. The van der Waals surface area contributed by atoms with Crippen molar-refractivity contribution in [3.05, 3.63) is 17.7 Å². The van der Waals surface area contributed by atoms with Gasteiger partial charge in [-0.25, -0.2) is 4.98 Å². The van der Waals surface area contributed by atoms with Crippen LogP contribution in [0.3, 0.4) is 0 Å². The summed E-state index contributed by atoms with van der Waals surface area (Å²) in [7, 11) is 0. The van der Waals surface area contributed by atoms with E-state index in [2.05, 4.69) is 22.5 Å². The van der Waals surface area contributed by atoms with Gasteiger partial charge >= 0.3 is 0 Å². The fraction of sp³-hybridized carbons (Fsp3) is 0.769. The SMILES string of the molecule is c1c(CC2CCCSC2)nc2n1CCCC2. The van der Waals surface area contributed by atoms with Crippen LogP contribution in [0.4, 0.5) is 0 Å². The van der Waals surface area contributed by atoms with E-state index < -0.39 is 0 Å². The van der Waals surface area contributed by atoms with Gasteiger partial charge in [-0.15, -0.1) is 0 Å². The first kappa shape index (κ1) is 10.7. The van der Waals surface area contributed by atoms with Crippen LogP contribution in [0.5, 0.6) is 0 Å². The lowest BCUT2D eigenvalue weighted by molar-refractivity contribution is 0.516. The highest BCUT2D eigenvalue weighted by atomic mass is 32.2. The van der Waals surface area contributed by atoms with Crippen molar-refractivity contribution in [3.8, 4) is 0 Å². The summed E-state index contributed by atoms with van der Waals surface area (Å²) in [4.78, 5) is 4.80. The Bertz CT molecular complexity index is 329. The van der Waals surface area contributed by atoms with Gasteiger partial charge in [0.2, 0.25) is 0 Å². The fourth-order valence-electron chi connectivity index (χ4n) is 2.83. The average molecular weight is 236 g/mol. The van der Waals surface area contributed by atoms with Gasteiger partial charge in [0.1, 0.15) is 5.82 Å². The summed E-state index contributed by atoms with van der Waals surface area (Å²) in [5, 5.41) is 0. The molecule has 2 aliphatic heterocycles. The van der Waals surface area contributed by atoms with Crippen molar-refractivity contribution in [1.82, 2.24) is 9.55 Å². The Kier molecular flexibility index (Phi) is 3.22. The van der Waals surface area contributed by atoms with Crippen molar-refractivity contribution in [2.75, 3.05) is 11.5 Å². The lowest BCUT2D eigenvalue weighted by Crippen LogP contribution is -2.13. The molecule has 1 fully saturated rings. The number of aromatic nitrogens is 2. The summed E-state index contributed by atoms with van der Waals surface area (Å²) in [6, 6.07) is 0. The van der Waals surface area contributed by atoms with Gasteiger partial charge in [-0.2, -0.15) is 11.8 Å². The van der Waals surface area contributed by atoms with E-state index in [-0.39, 0.29) is 0 Å². The number of thioether (sulfide) groups is 1. The second-order valence-corrected chi connectivity index (χ2v) is 6.24. The highest BCUT2D eigenvalue weighted by molar-refractivity contribution is 7.99. The van der Waals surface area contributed by atoms with Crippen LogP contribution in [0, 0.1) is 5.92 Å². The minimum Gasteiger partial charge on any atom is -0.335 e. The van der Waals surface area contributed by atoms with E-state index in [0.717, 1.165) is 5.92 Å². The zero-order valence-corrected chi connectivity index (χ0v) is 10.6. The number of imidazole rings is 1. The van der Waals surface area contributed by atoms with E-state index in [4.69, 9.17) is 4.98 Å². The molecule has 1 atom stereocenters. The molecule has 2 nitrogen and oxygen atoms in total. The van der Waals surface area contributed by atoms with Crippen molar-refractivity contribution in [2.24, 2.45) is 5.92 Å². The van der Waals surface area contributed by atoms with Crippen LogP contribution in [0.2, 0.25) is 0 Å². The third-order valence-corrected chi connectivity index (χ3v) is 5.00. The molecule has 0 saturated carbocycles. The maximum atomic E-state index is 4.80. The third-order valence-electron chi connectivity index (χ3n) is 3.71. The molecule has 0 aliphatic carbocycles. The molecule has 1 aromatic rings. The molecule has 1 unspecified atom stereocenters. The van der Waals surface area contributed by atoms with Gasteiger partial charge < -0.3 is 4.57 Å². The monoisotopic (exact) mass is 236 g/mol. The Morgan fingerprint density at radius 2 is 2.38 bits per heavy atom. The molecular weight excluding hydrogens is 216 g/mol. The quantitative estimate of drug-likeness (QED) is 0.786. The van der Waals surface area contributed by atoms with E-state index in [1.807, 2.05) is 0 Å². The molecule has 3 heterocycles. The second-order valence-electron chi connectivity index (χ2n) is 5.09. The maximum absolute atomic E-state index is 4.80. The molecule has 0 amide bonds. The van der Waals surface area contributed by atoms with Gasteiger partial charge in [-0.05, 0) is 49.5 Å². The van der Waals surface area contributed by atoms with Crippen LogP contribution in [-0.2, 0) is 19.4 Å². The predicted octanol–water partition coefficient (Wildman–Crippen LogP) is 2.91. The summed E-state index contributed by atoms with van der Waals surface area (Å²) in [6.45, 7) is 1.20. The number of aryl methyl sites for hydroxylation is 2. The summed E-state index contributed by atoms with van der Waals surface area (Å²) in [6.07, 6.45) is 10.2. The van der Waals surface area contributed by atoms with Crippen molar-refractivity contribution >= 4 is 11.8 Å². The number of hydrogen-bond acceptors (Lipinski definition) is 2. The lowest BCUT2D eigenvalue weighted by Gasteiger charge is -2.19. The molecule has 16 heavy (non-hydrogen) atoms. The minimum absolute atomic E-state index is 0.885. The molecule has 3 heteroatoms. The van der Waals surface area contributed by atoms with Crippen LogP contribution in [-0.4, -0.2) is 21.1 Å². The van der Waals surface area contributed by atoms with Crippen LogP contribution in [0.15, 0.2) is 6.20 Å². The van der Waals surface area contributed by atoms with Crippen molar-refractivity contribution in [3.63, 3.8) is 0 Å². The Balaban J connectivity index is 1.67. The third kappa shape index (κ3) is 2.29. The van der Waals surface area contributed by atoms with E-state index in [1.54, 1.807) is 0 Å². The summed E-state index contributed by atoms with van der Waals surface area (Å²) in [5.74, 6) is 4.94. The summed E-state index contributed by atoms with van der Waals surface area (Å²) >= 11 is 2.12. The molecule has 1 saturated heterocycles. The molecular formula is C13H20N2S. The Morgan fingerprint density at radius 1 is 1.38 bits per heavy atom. The van der Waals surface area contributed by atoms with Crippen LogP contribution < -0.4 is 0 Å². The summed E-state index contributed by atoms with van der Waals surface area (Å²) in [5.41, 5.74) is 1.35. The van der Waals surface area contributed by atoms with Crippen LogP contribution >= 0.6 is 11.8 Å². The number of nitrogens with zero attached hydrogens (tertiary/aromatic N) is 2. The van der Waals surface area contributed by atoms with Crippen molar-refractivity contribution < 1.29 is 0 Å². The zero-order valence-electron chi connectivity index (χ0n) is 9.82. The normalized spacial score (nSPS) is 25.4. The van der Waals surface area contributed by atoms with Crippen molar-refractivity contribution in [1.29, 1.82) is 0 Å². The number of fused-ring (bicyclic) bond motifs is 1. The van der Waals surface area contributed by atoms with Gasteiger partial charge in [-0.1, -0.05) is 0 Å². The molecule has 2 aliphatic rings. The van der Waals surface area contributed by atoms with Gasteiger partial charge in [0.25, 0.3) is 0 Å². The molecule has 1 aromatic heterocycles. The van der Waals surface area contributed by atoms with E-state index in [9.17, 15) is 0 Å². The maximum Gasteiger partial charge on any atom is 0.108 e.